The minimum Gasteiger partial charge on any atom is -0.143 e. The molecule has 0 aliphatic heterocycles. The third kappa shape index (κ3) is 3.55. The van der Waals surface area contributed by atoms with E-state index in [0.29, 0.717) is 16.7 Å². The minimum absolute atomic E-state index is 0.355. The van der Waals surface area contributed by atoms with Gasteiger partial charge in [0, 0.05) is 20.1 Å². The van der Waals surface area contributed by atoms with E-state index in [2.05, 4.69) is 89.0 Å². The molecule has 1 aromatic carbocycles. The number of aryl methyl sites for hydroxylation is 1. The summed E-state index contributed by atoms with van der Waals surface area (Å²) in [7, 11) is 0. The molecule has 0 N–H and O–H groups in total. The number of hydrogen-bond donors (Lipinski definition) is 0. The molecular weight excluding hydrogens is 396 g/mol. The van der Waals surface area contributed by atoms with Crippen LogP contribution < -0.4 is 0 Å². The van der Waals surface area contributed by atoms with Gasteiger partial charge in [0.05, 0.1) is 4.83 Å². The molecule has 0 saturated heterocycles. The van der Waals surface area contributed by atoms with E-state index in [1.54, 1.807) is 0 Å². The van der Waals surface area contributed by atoms with Crippen molar-refractivity contribution in [2.24, 2.45) is 5.92 Å². The number of hydrogen-bond acceptors (Lipinski definition) is 1. The summed E-state index contributed by atoms with van der Waals surface area (Å²) < 4.78 is 1.23. The maximum absolute atomic E-state index is 3.98. The predicted molar refractivity (Wildman–Crippen MR) is 97.1 cm³/mol. The largest absolute Gasteiger partial charge is 0.143 e. The average Bonchev–Trinajstić information content (AvgIpc) is 2.79. The number of alkyl halides is 1. The number of halogens is 2. The van der Waals surface area contributed by atoms with Crippen molar-refractivity contribution >= 4 is 43.2 Å². The van der Waals surface area contributed by atoms with Gasteiger partial charge in [-0.05, 0) is 40.4 Å². The second kappa shape index (κ2) is 7.24. The van der Waals surface area contributed by atoms with Gasteiger partial charge in [0.15, 0.2) is 0 Å². The number of benzene rings is 1. The van der Waals surface area contributed by atoms with Crippen molar-refractivity contribution in [1.82, 2.24) is 0 Å². The van der Waals surface area contributed by atoms with Crippen LogP contribution in [0.2, 0.25) is 0 Å². The molecule has 0 aliphatic rings. The Morgan fingerprint density at radius 2 is 1.85 bits per heavy atom. The number of rotatable bonds is 5. The van der Waals surface area contributed by atoms with Crippen LogP contribution in [0.4, 0.5) is 0 Å². The molecule has 108 valence electrons. The van der Waals surface area contributed by atoms with Crippen molar-refractivity contribution in [3.63, 3.8) is 0 Å². The second-order valence-corrected chi connectivity index (χ2v) is 8.42. The molecule has 1 heterocycles. The van der Waals surface area contributed by atoms with Gasteiger partial charge in [-0.1, -0.05) is 66.5 Å². The number of thiophene rings is 1. The van der Waals surface area contributed by atoms with Crippen molar-refractivity contribution in [3.05, 3.63) is 56.2 Å². The van der Waals surface area contributed by atoms with Crippen LogP contribution in [-0.2, 0) is 0 Å². The van der Waals surface area contributed by atoms with Crippen LogP contribution in [0.3, 0.4) is 0 Å². The van der Waals surface area contributed by atoms with Gasteiger partial charge in [0.2, 0.25) is 0 Å². The minimum atomic E-state index is 0.355. The summed E-state index contributed by atoms with van der Waals surface area (Å²) in [6.45, 7) is 6.79. The Balaban J connectivity index is 2.39. The zero-order valence-corrected chi connectivity index (χ0v) is 16.1. The molecule has 1 aromatic heterocycles. The van der Waals surface area contributed by atoms with Crippen molar-refractivity contribution in [2.75, 3.05) is 0 Å². The normalized spacial score (nSPS) is 15.8. The summed E-state index contributed by atoms with van der Waals surface area (Å²) in [6, 6.07) is 13.1. The lowest BCUT2D eigenvalue weighted by atomic mass is 9.83. The lowest BCUT2D eigenvalue weighted by molar-refractivity contribution is 0.442. The van der Waals surface area contributed by atoms with Crippen molar-refractivity contribution < 1.29 is 0 Å². The smallest absolute Gasteiger partial charge is 0.0571 e. The molecule has 3 atom stereocenters. The first kappa shape index (κ1) is 16.3. The van der Waals surface area contributed by atoms with Gasteiger partial charge >= 0.3 is 0 Å². The molecule has 0 spiro atoms. The topological polar surface area (TPSA) is 0 Å². The first-order chi connectivity index (χ1) is 9.54. The Kier molecular flexibility index (Phi) is 5.88. The van der Waals surface area contributed by atoms with E-state index in [0.717, 1.165) is 0 Å². The van der Waals surface area contributed by atoms with E-state index >= 15 is 0 Å². The van der Waals surface area contributed by atoms with Gasteiger partial charge in [-0.2, -0.15) is 0 Å². The predicted octanol–water partition coefficient (Wildman–Crippen LogP) is 7.08. The highest BCUT2D eigenvalue weighted by Crippen LogP contribution is 2.48. The van der Waals surface area contributed by atoms with E-state index in [1.807, 2.05) is 11.3 Å². The standard InChI is InChI=1S/C17H20Br2S/c1-4-11(2)15(13-8-6-5-7-9-13)16(19)17-14(18)10-12(3)20-17/h5-11,15-16H,4H2,1-3H3. The molecule has 0 bridgehead atoms. The molecule has 2 rings (SSSR count). The Morgan fingerprint density at radius 1 is 1.20 bits per heavy atom. The second-order valence-electron chi connectivity index (χ2n) is 5.29. The summed E-state index contributed by atoms with van der Waals surface area (Å²) in [6.07, 6.45) is 1.18. The quantitative estimate of drug-likeness (QED) is 0.457. The molecule has 0 radical (unpaired) electrons. The maximum atomic E-state index is 3.98. The van der Waals surface area contributed by atoms with Crippen LogP contribution in [-0.4, -0.2) is 0 Å². The monoisotopic (exact) mass is 414 g/mol. The Morgan fingerprint density at radius 3 is 2.35 bits per heavy atom. The van der Waals surface area contributed by atoms with E-state index in [1.165, 1.54) is 26.2 Å². The first-order valence-corrected chi connectivity index (χ1v) is 9.52. The fourth-order valence-electron chi connectivity index (χ4n) is 2.57. The van der Waals surface area contributed by atoms with Crippen molar-refractivity contribution in [2.45, 2.75) is 37.9 Å². The molecule has 0 aliphatic carbocycles. The molecule has 3 heteroatoms. The molecule has 0 saturated carbocycles. The summed E-state index contributed by atoms with van der Waals surface area (Å²) in [5, 5.41) is 0. The van der Waals surface area contributed by atoms with Crippen molar-refractivity contribution in [1.29, 1.82) is 0 Å². The van der Waals surface area contributed by atoms with Crippen LogP contribution in [0.15, 0.2) is 40.9 Å². The maximum Gasteiger partial charge on any atom is 0.0571 e. The SMILES string of the molecule is CCC(C)C(c1ccccc1)C(Br)c1sc(C)cc1Br. The van der Waals surface area contributed by atoms with E-state index < -0.39 is 0 Å². The van der Waals surface area contributed by atoms with Gasteiger partial charge in [-0.25, -0.2) is 0 Å². The van der Waals surface area contributed by atoms with E-state index in [9.17, 15) is 0 Å². The zero-order chi connectivity index (χ0) is 14.7. The Hall–Kier alpha value is -0.120. The third-order valence-corrected chi connectivity index (χ3v) is 7.23. The van der Waals surface area contributed by atoms with Crippen LogP contribution >= 0.6 is 43.2 Å². The average molecular weight is 416 g/mol. The van der Waals surface area contributed by atoms with Gasteiger partial charge in [-0.15, -0.1) is 11.3 Å². The van der Waals surface area contributed by atoms with Gasteiger partial charge < -0.3 is 0 Å². The summed E-state index contributed by atoms with van der Waals surface area (Å²) in [4.78, 5) is 3.11. The molecule has 0 fully saturated rings. The molecule has 0 nitrogen and oxygen atoms in total. The van der Waals surface area contributed by atoms with Crippen LogP contribution in [0, 0.1) is 12.8 Å². The highest BCUT2D eigenvalue weighted by atomic mass is 79.9. The van der Waals surface area contributed by atoms with Crippen LogP contribution in [0.1, 0.15) is 46.3 Å². The van der Waals surface area contributed by atoms with Gasteiger partial charge in [-0.3, -0.25) is 0 Å². The Bertz CT molecular complexity index is 547. The van der Waals surface area contributed by atoms with E-state index in [4.69, 9.17) is 0 Å². The van der Waals surface area contributed by atoms with Crippen LogP contribution in [0.5, 0.6) is 0 Å². The first-order valence-electron chi connectivity index (χ1n) is 6.99. The Labute approximate surface area is 142 Å². The fourth-order valence-corrected chi connectivity index (χ4v) is 6.15. The molecule has 2 aromatic rings. The van der Waals surface area contributed by atoms with E-state index in [-0.39, 0.29) is 0 Å². The van der Waals surface area contributed by atoms with Crippen LogP contribution in [0.25, 0.3) is 0 Å². The highest BCUT2D eigenvalue weighted by Gasteiger charge is 2.29. The van der Waals surface area contributed by atoms with Gasteiger partial charge in [0.1, 0.15) is 0 Å². The molecule has 20 heavy (non-hydrogen) atoms. The summed E-state index contributed by atoms with van der Waals surface area (Å²) in [5.41, 5.74) is 1.42. The summed E-state index contributed by atoms with van der Waals surface area (Å²) in [5.74, 6) is 1.13. The van der Waals surface area contributed by atoms with Gasteiger partial charge in [0.25, 0.3) is 0 Å². The highest BCUT2D eigenvalue weighted by molar-refractivity contribution is 9.11. The lowest BCUT2D eigenvalue weighted by Crippen LogP contribution is -2.14. The molecular formula is C17H20Br2S. The lowest BCUT2D eigenvalue weighted by Gasteiger charge is -2.28. The summed E-state index contributed by atoms with van der Waals surface area (Å²) >= 11 is 9.56. The molecule has 3 unspecified atom stereocenters. The zero-order valence-electron chi connectivity index (χ0n) is 12.1. The fraction of sp³-hybridized carbons (Fsp3) is 0.412. The van der Waals surface area contributed by atoms with Crippen molar-refractivity contribution in [3.8, 4) is 0 Å². The third-order valence-electron chi connectivity index (χ3n) is 3.84. The molecule has 0 amide bonds.